The second kappa shape index (κ2) is 52.5. The summed E-state index contributed by atoms with van der Waals surface area (Å²) in [5.41, 5.74) is 3.18. The average molecular weight is 1010 g/mol. The summed E-state index contributed by atoms with van der Waals surface area (Å²) in [7, 11) is 0. The zero-order valence-corrected chi connectivity index (χ0v) is 49.8. The summed E-state index contributed by atoms with van der Waals surface area (Å²) in [6.07, 6.45) is 57.5. The van der Waals surface area contributed by atoms with Crippen molar-refractivity contribution in [1.82, 2.24) is 0 Å². The van der Waals surface area contributed by atoms with Gasteiger partial charge >= 0.3 is 0 Å². The zero-order chi connectivity index (χ0) is 53.1. The summed E-state index contributed by atoms with van der Waals surface area (Å²) in [5.74, 6) is -2.28. The molecule has 0 aliphatic heterocycles. The third-order valence-electron chi connectivity index (χ3n) is 16.3. The monoisotopic (exact) mass is 1010 g/mol. The van der Waals surface area contributed by atoms with Crippen molar-refractivity contribution in [2.24, 2.45) is 0 Å². The number of aliphatic carboxylic acids is 2. The Labute approximate surface area is 450 Å². The maximum absolute atomic E-state index is 9.77. The van der Waals surface area contributed by atoms with Crippen LogP contribution in [-0.2, 0) is 22.7 Å². The second-order valence-corrected chi connectivity index (χ2v) is 23.3. The molecule has 1 rings (SSSR count). The van der Waals surface area contributed by atoms with E-state index in [-0.39, 0.29) is 12.8 Å². The van der Waals surface area contributed by atoms with Gasteiger partial charge in [0.05, 0.1) is 24.2 Å². The van der Waals surface area contributed by atoms with Crippen LogP contribution >= 0.6 is 0 Å². The Balaban J connectivity index is 0.00000451. The largest absolute Gasteiger partial charge is 0.550 e. The molecule has 4 atom stereocenters. The van der Waals surface area contributed by atoms with E-state index in [1.54, 1.807) is 11.1 Å². The van der Waals surface area contributed by atoms with Crippen LogP contribution in [0.2, 0.25) is 0 Å². The van der Waals surface area contributed by atoms with Crippen molar-refractivity contribution in [2.45, 2.75) is 375 Å². The van der Waals surface area contributed by atoms with Crippen LogP contribution in [0.1, 0.15) is 349 Å². The van der Waals surface area contributed by atoms with Crippen LogP contribution in [-0.4, -0.2) is 36.1 Å². The number of nitrogens with one attached hydrogen (secondary N) is 2. The summed E-state index contributed by atoms with van der Waals surface area (Å²) in [4.78, 5) is 23.3. The van der Waals surface area contributed by atoms with E-state index in [9.17, 15) is 19.8 Å². The lowest BCUT2D eigenvalue weighted by molar-refractivity contribution is -0.960. The van der Waals surface area contributed by atoms with E-state index in [0.29, 0.717) is 12.8 Å². The lowest BCUT2D eigenvalue weighted by atomic mass is 9.99. The summed E-state index contributed by atoms with van der Waals surface area (Å²) in [6, 6.07) is 13.0. The molecule has 6 heteroatoms. The smallest absolute Gasteiger partial charge is 0.103 e. The van der Waals surface area contributed by atoms with Crippen LogP contribution in [0.4, 0.5) is 0 Å². The molecule has 6 nitrogen and oxygen atoms in total. The van der Waals surface area contributed by atoms with Crippen molar-refractivity contribution < 1.29 is 29.6 Å². The van der Waals surface area contributed by atoms with Gasteiger partial charge in [0.25, 0.3) is 0 Å². The second-order valence-electron chi connectivity index (χ2n) is 23.3. The molecule has 0 bridgehead atoms. The molecule has 0 radical (unpaired) electrons. The fourth-order valence-corrected chi connectivity index (χ4v) is 11.3. The summed E-state index contributed by atoms with van der Waals surface area (Å²) >= 11 is 0. The van der Waals surface area contributed by atoms with E-state index in [1.165, 1.54) is 270 Å². The Morgan fingerprint density at radius 1 is 0.347 bits per heavy atom. The van der Waals surface area contributed by atoms with Gasteiger partial charge in [0, 0.05) is 23.1 Å². The highest BCUT2D eigenvalue weighted by Crippen LogP contribution is 2.17. The maximum Gasteiger partial charge on any atom is 0.103 e. The molecular formula is C66H126N2O4. The molecule has 0 aromatic heterocycles. The molecule has 0 spiro atoms. The number of hydrogen-bond donors (Lipinski definition) is 2. The molecule has 0 saturated heterocycles. The maximum atomic E-state index is 9.77. The molecule has 0 heterocycles. The lowest BCUT2D eigenvalue weighted by Gasteiger charge is -2.33. The highest BCUT2D eigenvalue weighted by Gasteiger charge is 2.26. The van der Waals surface area contributed by atoms with Gasteiger partial charge in [0.1, 0.15) is 13.1 Å². The minimum atomic E-state index is -1.14. The van der Waals surface area contributed by atoms with Gasteiger partial charge in [-0.2, -0.15) is 0 Å². The quantitative estimate of drug-likeness (QED) is 0.0636. The molecule has 0 aliphatic carbocycles. The van der Waals surface area contributed by atoms with Crippen molar-refractivity contribution in [2.75, 3.05) is 0 Å². The molecule has 0 aliphatic rings. The first-order valence-electron chi connectivity index (χ1n) is 32.2. The van der Waals surface area contributed by atoms with Crippen molar-refractivity contribution in [1.29, 1.82) is 0 Å². The van der Waals surface area contributed by atoms with Crippen LogP contribution in [0.5, 0.6) is 0 Å². The third-order valence-corrected chi connectivity index (χ3v) is 16.3. The number of hydrogen-bond acceptors (Lipinski definition) is 4. The van der Waals surface area contributed by atoms with Gasteiger partial charge in [-0.1, -0.05) is 251 Å². The molecular weight excluding hydrogens is 885 g/mol. The highest BCUT2D eigenvalue weighted by atomic mass is 16.4. The van der Waals surface area contributed by atoms with Crippen molar-refractivity contribution in [3.8, 4) is 0 Å². The Kier molecular flexibility index (Phi) is 51.1. The number of unbranched alkanes of at least 4 members (excludes halogenated alkanes) is 33. The van der Waals surface area contributed by atoms with Crippen LogP contribution < -0.4 is 20.0 Å². The highest BCUT2D eigenvalue weighted by molar-refractivity contribution is 5.65. The van der Waals surface area contributed by atoms with Gasteiger partial charge < -0.3 is 29.6 Å². The predicted octanol–water partition coefficient (Wildman–Crippen LogP) is 15.7. The number of carboxylic acid groups (broad SMARTS) is 2. The number of carbonyl (C=O) groups is 2. The minimum Gasteiger partial charge on any atom is -0.550 e. The van der Waals surface area contributed by atoms with E-state index in [2.05, 4.69) is 79.7 Å². The van der Waals surface area contributed by atoms with E-state index >= 15 is 0 Å². The normalized spacial score (nSPS) is 14.1. The lowest BCUT2D eigenvalue weighted by Crippen LogP contribution is -3.17. The average Bonchev–Trinajstić information content (AvgIpc) is 3.36. The van der Waals surface area contributed by atoms with Gasteiger partial charge in [0.2, 0.25) is 0 Å². The Morgan fingerprint density at radius 3 is 0.764 bits per heavy atom. The van der Waals surface area contributed by atoms with Crippen LogP contribution in [0.3, 0.4) is 0 Å². The standard InChI is InChI=1S/C60H116N2.C6H10O4/c1-9-13-17-21-25-29-33-37-41-46-55(5)61(56(6)47-42-38-34-30-26-22-18-14-10-2)53-59-50-45-51-60(52-59)54-62(57(7)48-43-39-35-31-27-23-19-15-11-3)58(8)49-44-40-36-32-28-24-20-16-12-4;7-5(8)3-1-2-4-6(9)10/h45,50-52,55-58H,9-44,46-49,53-54H2,1-8H3;1-4H2,(H,7,8)(H,9,10). The van der Waals surface area contributed by atoms with Crippen molar-refractivity contribution >= 4 is 11.9 Å². The first-order valence-corrected chi connectivity index (χ1v) is 32.2. The fraction of sp³-hybridized carbons (Fsp3) is 0.879. The van der Waals surface area contributed by atoms with Gasteiger partial charge in [-0.25, -0.2) is 0 Å². The van der Waals surface area contributed by atoms with Gasteiger partial charge in [-0.15, -0.1) is 0 Å². The molecule has 0 amide bonds. The molecule has 1 aromatic carbocycles. The number of benzene rings is 1. The SMILES string of the molecule is CCCCCCCCCCCC(C)[NH+](Cc1cccc(C[NH+](C(C)CCCCCCCCCCC)C(C)CCCCCCCCCCC)c1)C(C)CCCCCCCCCCC.O=C([O-])CCCCC(=O)[O-]. The van der Waals surface area contributed by atoms with Gasteiger partial charge in [-0.05, 0) is 111 Å². The van der Waals surface area contributed by atoms with Crippen molar-refractivity contribution in [3.05, 3.63) is 35.4 Å². The van der Waals surface area contributed by atoms with Gasteiger partial charge in [0.15, 0.2) is 0 Å². The molecule has 1 aromatic rings. The van der Waals surface area contributed by atoms with Crippen molar-refractivity contribution in [3.63, 3.8) is 0 Å². The van der Waals surface area contributed by atoms with Crippen LogP contribution in [0.15, 0.2) is 24.3 Å². The summed E-state index contributed by atoms with van der Waals surface area (Å²) in [5, 5.41) is 19.5. The van der Waals surface area contributed by atoms with E-state index in [0.717, 1.165) is 24.2 Å². The summed E-state index contributed by atoms with van der Waals surface area (Å²) in [6.45, 7) is 22.1. The van der Waals surface area contributed by atoms with Crippen LogP contribution in [0.25, 0.3) is 0 Å². The van der Waals surface area contributed by atoms with Gasteiger partial charge in [-0.3, -0.25) is 0 Å². The first-order chi connectivity index (χ1) is 35.0. The zero-order valence-electron chi connectivity index (χ0n) is 49.8. The Morgan fingerprint density at radius 2 is 0.556 bits per heavy atom. The Hall–Kier alpha value is -1.92. The van der Waals surface area contributed by atoms with E-state index in [1.807, 2.05) is 9.80 Å². The van der Waals surface area contributed by atoms with E-state index < -0.39 is 11.9 Å². The number of rotatable bonds is 53. The number of carboxylic acids is 2. The third kappa shape index (κ3) is 44.4. The van der Waals surface area contributed by atoms with E-state index in [4.69, 9.17) is 0 Å². The number of carbonyl (C=O) groups excluding carboxylic acids is 2. The Bertz CT molecular complexity index is 1150. The topological polar surface area (TPSA) is 89.1 Å². The van der Waals surface area contributed by atoms with Crippen LogP contribution in [0, 0.1) is 0 Å². The summed E-state index contributed by atoms with van der Waals surface area (Å²) < 4.78 is 0. The number of quaternary nitrogens is 2. The molecule has 4 unspecified atom stereocenters. The fourth-order valence-electron chi connectivity index (χ4n) is 11.3. The molecule has 0 saturated carbocycles. The minimum absolute atomic E-state index is 0.0761. The molecule has 2 N–H and O–H groups in total. The molecule has 72 heavy (non-hydrogen) atoms. The predicted molar refractivity (Wildman–Crippen MR) is 309 cm³/mol. The first kappa shape index (κ1) is 70.1. The molecule has 424 valence electrons. The molecule has 0 fully saturated rings.